The lowest BCUT2D eigenvalue weighted by Gasteiger charge is -2.12. The number of aromatic nitrogens is 8. The molecule has 5 rings (SSSR count). The SMILES string of the molecule is CCCCc1nc2c(c(=O)n(CCCO)c(=O)n2C)n1Cc1ccc(-c2ccccc2-c2nn[nH]n2)cc1. The van der Waals surface area contributed by atoms with E-state index in [0.29, 0.717) is 36.4 Å². The highest BCUT2D eigenvalue weighted by atomic mass is 16.3. The molecule has 2 aromatic carbocycles. The zero-order valence-electron chi connectivity index (χ0n) is 21.5. The van der Waals surface area contributed by atoms with Crippen molar-refractivity contribution >= 4 is 11.2 Å². The monoisotopic (exact) mass is 514 g/mol. The first kappa shape index (κ1) is 25.3. The number of hydrogen-bond donors (Lipinski definition) is 2. The van der Waals surface area contributed by atoms with Crippen LogP contribution in [0.3, 0.4) is 0 Å². The van der Waals surface area contributed by atoms with Crippen LogP contribution in [0.15, 0.2) is 58.1 Å². The van der Waals surface area contributed by atoms with Crippen LogP contribution in [0.2, 0.25) is 0 Å². The first-order valence-corrected chi connectivity index (χ1v) is 12.8. The predicted octanol–water partition coefficient (Wildman–Crippen LogP) is 2.52. The highest BCUT2D eigenvalue weighted by Crippen LogP contribution is 2.30. The zero-order valence-corrected chi connectivity index (χ0v) is 21.5. The molecule has 0 atom stereocenters. The van der Waals surface area contributed by atoms with Crippen LogP contribution in [-0.4, -0.2) is 51.0 Å². The first-order valence-electron chi connectivity index (χ1n) is 12.8. The van der Waals surface area contributed by atoms with E-state index in [9.17, 15) is 14.7 Å². The van der Waals surface area contributed by atoms with E-state index in [0.717, 1.165) is 40.9 Å². The molecule has 11 heteroatoms. The summed E-state index contributed by atoms with van der Waals surface area (Å²) in [4.78, 5) is 31.1. The quantitative estimate of drug-likeness (QED) is 0.292. The number of hydrogen-bond acceptors (Lipinski definition) is 7. The van der Waals surface area contributed by atoms with Gasteiger partial charge in [0.15, 0.2) is 11.2 Å². The van der Waals surface area contributed by atoms with Gasteiger partial charge in [0.2, 0.25) is 5.82 Å². The molecule has 3 aromatic heterocycles. The third kappa shape index (κ3) is 4.68. The minimum atomic E-state index is -0.424. The molecule has 0 amide bonds. The van der Waals surface area contributed by atoms with Crippen LogP contribution in [0.25, 0.3) is 33.7 Å². The molecule has 196 valence electrons. The molecule has 5 aromatic rings. The minimum Gasteiger partial charge on any atom is -0.396 e. The fourth-order valence-corrected chi connectivity index (χ4v) is 4.72. The summed E-state index contributed by atoms with van der Waals surface area (Å²) in [5, 5.41) is 23.7. The van der Waals surface area contributed by atoms with Crippen molar-refractivity contribution in [3.05, 3.63) is 80.8 Å². The van der Waals surface area contributed by atoms with Gasteiger partial charge >= 0.3 is 5.69 Å². The molecule has 0 radical (unpaired) electrons. The van der Waals surface area contributed by atoms with E-state index in [2.05, 4.69) is 27.5 Å². The Morgan fingerprint density at radius 1 is 0.974 bits per heavy atom. The second-order valence-electron chi connectivity index (χ2n) is 9.24. The van der Waals surface area contributed by atoms with Crippen molar-refractivity contribution in [1.29, 1.82) is 0 Å². The Balaban J connectivity index is 1.56. The lowest BCUT2D eigenvalue weighted by molar-refractivity contribution is 0.277. The second-order valence-corrected chi connectivity index (χ2v) is 9.24. The van der Waals surface area contributed by atoms with Crippen molar-refractivity contribution in [3.63, 3.8) is 0 Å². The van der Waals surface area contributed by atoms with Gasteiger partial charge in [0.25, 0.3) is 5.56 Å². The number of tetrazole rings is 1. The van der Waals surface area contributed by atoms with Crippen molar-refractivity contribution in [1.82, 2.24) is 39.3 Å². The molecule has 0 unspecified atom stereocenters. The van der Waals surface area contributed by atoms with Gasteiger partial charge in [-0.2, -0.15) is 5.21 Å². The maximum absolute atomic E-state index is 13.5. The number of benzene rings is 2. The van der Waals surface area contributed by atoms with Crippen LogP contribution in [0.4, 0.5) is 0 Å². The highest BCUT2D eigenvalue weighted by molar-refractivity contribution is 5.80. The fourth-order valence-electron chi connectivity index (χ4n) is 4.72. The molecule has 0 saturated heterocycles. The Morgan fingerprint density at radius 2 is 1.74 bits per heavy atom. The normalized spacial score (nSPS) is 11.4. The maximum atomic E-state index is 13.5. The average Bonchev–Trinajstić information content (AvgIpc) is 3.60. The minimum absolute atomic E-state index is 0.100. The van der Waals surface area contributed by atoms with Gasteiger partial charge < -0.3 is 9.67 Å². The molecule has 0 fully saturated rings. The lowest BCUT2D eigenvalue weighted by Crippen LogP contribution is -2.40. The largest absolute Gasteiger partial charge is 0.396 e. The van der Waals surface area contributed by atoms with Crippen molar-refractivity contribution in [2.24, 2.45) is 7.05 Å². The Hall–Kier alpha value is -4.38. The number of aryl methyl sites for hydroxylation is 2. The van der Waals surface area contributed by atoms with E-state index in [-0.39, 0.29) is 18.7 Å². The van der Waals surface area contributed by atoms with Gasteiger partial charge in [-0.1, -0.05) is 61.9 Å². The molecule has 0 aliphatic rings. The van der Waals surface area contributed by atoms with E-state index >= 15 is 0 Å². The second kappa shape index (κ2) is 10.9. The van der Waals surface area contributed by atoms with Crippen molar-refractivity contribution in [2.75, 3.05) is 6.61 Å². The molecule has 0 bridgehead atoms. The van der Waals surface area contributed by atoms with Gasteiger partial charge in [-0.15, -0.1) is 10.2 Å². The number of fused-ring (bicyclic) bond motifs is 1. The molecular weight excluding hydrogens is 484 g/mol. The van der Waals surface area contributed by atoms with E-state index in [1.54, 1.807) is 7.05 Å². The Labute approximate surface area is 218 Å². The standard InChI is InChI=1S/C27H30N8O3/c1-3-4-10-22-28-25-23(26(37)34(15-7-16-36)27(38)33(25)2)35(22)17-18-11-13-19(14-12-18)20-8-5-6-9-21(20)24-29-31-32-30-24/h5-6,8-9,11-14,36H,3-4,7,10,15-17H2,1-2H3,(H,29,30,31,32). The van der Waals surface area contributed by atoms with Gasteiger partial charge in [-0.3, -0.25) is 13.9 Å². The van der Waals surface area contributed by atoms with E-state index in [4.69, 9.17) is 4.98 Å². The van der Waals surface area contributed by atoms with Crippen molar-refractivity contribution < 1.29 is 5.11 Å². The molecular formula is C27H30N8O3. The summed E-state index contributed by atoms with van der Waals surface area (Å²) >= 11 is 0. The Kier molecular flexibility index (Phi) is 7.27. The number of nitrogens with zero attached hydrogens (tertiary/aromatic N) is 7. The Bertz CT molecular complexity index is 1660. The molecule has 3 heterocycles. The topological polar surface area (TPSA) is 137 Å². The summed E-state index contributed by atoms with van der Waals surface area (Å²) in [6.07, 6.45) is 2.93. The fraction of sp³-hybridized carbons (Fsp3) is 0.333. The van der Waals surface area contributed by atoms with Gasteiger partial charge in [0.05, 0.1) is 0 Å². The van der Waals surface area contributed by atoms with Gasteiger partial charge in [-0.05, 0) is 34.7 Å². The third-order valence-corrected chi connectivity index (χ3v) is 6.72. The van der Waals surface area contributed by atoms with Crippen LogP contribution in [-0.2, 0) is 26.6 Å². The molecule has 2 N–H and O–H groups in total. The summed E-state index contributed by atoms with van der Waals surface area (Å²) in [6.45, 7) is 2.60. The summed E-state index contributed by atoms with van der Waals surface area (Å²) in [5.41, 5.74) is 3.85. The van der Waals surface area contributed by atoms with E-state index in [1.807, 2.05) is 53.1 Å². The molecule has 0 aliphatic carbocycles. The van der Waals surface area contributed by atoms with Crippen LogP contribution in [0.1, 0.15) is 37.6 Å². The molecule has 0 saturated carbocycles. The van der Waals surface area contributed by atoms with Crippen LogP contribution >= 0.6 is 0 Å². The maximum Gasteiger partial charge on any atom is 0.332 e. The molecule has 11 nitrogen and oxygen atoms in total. The summed E-state index contributed by atoms with van der Waals surface area (Å²) in [6, 6.07) is 16.0. The van der Waals surface area contributed by atoms with Crippen LogP contribution < -0.4 is 11.2 Å². The summed E-state index contributed by atoms with van der Waals surface area (Å²) in [5.74, 6) is 1.30. The Morgan fingerprint density at radius 3 is 2.42 bits per heavy atom. The number of aromatic amines is 1. The zero-order chi connectivity index (χ0) is 26.6. The number of unbranched alkanes of at least 4 members (excludes halogenated alkanes) is 1. The van der Waals surface area contributed by atoms with E-state index < -0.39 is 5.69 Å². The number of aliphatic hydroxyl groups is 1. The van der Waals surface area contributed by atoms with E-state index in [1.165, 1.54) is 9.13 Å². The summed E-state index contributed by atoms with van der Waals surface area (Å²) in [7, 11) is 1.64. The van der Waals surface area contributed by atoms with Crippen LogP contribution in [0, 0.1) is 0 Å². The number of aliphatic hydroxyl groups excluding tert-OH is 1. The lowest BCUT2D eigenvalue weighted by atomic mass is 9.98. The van der Waals surface area contributed by atoms with Gasteiger partial charge in [0, 0.05) is 38.7 Å². The third-order valence-electron chi connectivity index (χ3n) is 6.72. The predicted molar refractivity (Wildman–Crippen MR) is 144 cm³/mol. The smallest absolute Gasteiger partial charge is 0.332 e. The van der Waals surface area contributed by atoms with Crippen LogP contribution in [0.5, 0.6) is 0 Å². The summed E-state index contributed by atoms with van der Waals surface area (Å²) < 4.78 is 4.56. The van der Waals surface area contributed by atoms with Crippen molar-refractivity contribution in [3.8, 4) is 22.5 Å². The van der Waals surface area contributed by atoms with Gasteiger partial charge in [-0.25, -0.2) is 9.78 Å². The number of nitrogens with one attached hydrogen (secondary N) is 1. The molecule has 38 heavy (non-hydrogen) atoms. The molecule has 0 aliphatic heterocycles. The average molecular weight is 515 g/mol. The number of imidazole rings is 1. The number of rotatable bonds is 10. The first-order chi connectivity index (χ1) is 18.5. The molecule has 0 spiro atoms. The van der Waals surface area contributed by atoms with Crippen molar-refractivity contribution in [2.45, 2.75) is 45.7 Å². The van der Waals surface area contributed by atoms with Gasteiger partial charge in [0.1, 0.15) is 5.82 Å². The highest BCUT2D eigenvalue weighted by Gasteiger charge is 2.20. The number of H-pyrrole nitrogens is 1.